The van der Waals surface area contributed by atoms with Gasteiger partial charge in [-0.25, -0.2) is 4.99 Å². The van der Waals surface area contributed by atoms with E-state index in [-0.39, 0.29) is 5.96 Å². The predicted molar refractivity (Wildman–Crippen MR) is 40.7 cm³/mol. The van der Waals surface area contributed by atoms with E-state index in [0.717, 1.165) is 0 Å². The molecular formula is C6H11N3O2. The first-order valence-corrected chi connectivity index (χ1v) is 3.28. The molecule has 1 aliphatic rings. The van der Waals surface area contributed by atoms with Gasteiger partial charge in [-0.1, -0.05) is 0 Å². The average molecular weight is 157 g/mol. The monoisotopic (exact) mass is 157 g/mol. The molecule has 0 fully saturated rings. The molecule has 5 nitrogen and oxygen atoms in total. The third kappa shape index (κ3) is 2.79. The van der Waals surface area contributed by atoms with Gasteiger partial charge >= 0.3 is 0 Å². The summed E-state index contributed by atoms with van der Waals surface area (Å²) in [5, 5.41) is 0. The second-order valence-corrected chi connectivity index (χ2v) is 2.04. The first-order valence-electron chi connectivity index (χ1n) is 3.28. The Kier molecular flexibility index (Phi) is 2.59. The van der Waals surface area contributed by atoms with Crippen LogP contribution in [-0.4, -0.2) is 25.7 Å². The third-order valence-electron chi connectivity index (χ3n) is 1.12. The van der Waals surface area contributed by atoms with E-state index in [1.165, 1.54) is 6.26 Å². The minimum atomic E-state index is 0.0556. The van der Waals surface area contributed by atoms with Gasteiger partial charge in [0.15, 0.2) is 11.7 Å². The van der Waals surface area contributed by atoms with Crippen LogP contribution in [0.4, 0.5) is 0 Å². The van der Waals surface area contributed by atoms with Crippen LogP contribution >= 0.6 is 0 Å². The van der Waals surface area contributed by atoms with Crippen LogP contribution < -0.4 is 11.5 Å². The van der Waals surface area contributed by atoms with E-state index in [1.807, 2.05) is 0 Å². The molecule has 0 aromatic heterocycles. The molecule has 0 aromatic carbocycles. The van der Waals surface area contributed by atoms with Crippen molar-refractivity contribution in [3.05, 3.63) is 12.0 Å². The molecule has 0 aromatic rings. The summed E-state index contributed by atoms with van der Waals surface area (Å²) >= 11 is 0. The molecule has 0 saturated carbocycles. The van der Waals surface area contributed by atoms with E-state index in [4.69, 9.17) is 20.9 Å². The summed E-state index contributed by atoms with van der Waals surface area (Å²) in [5.41, 5.74) is 10.2. The highest BCUT2D eigenvalue weighted by Gasteiger charge is 2.02. The SMILES string of the molecule is NC(N)=NCC1=COCCO1. The zero-order chi connectivity index (χ0) is 8.10. The Morgan fingerprint density at radius 1 is 1.55 bits per heavy atom. The second-order valence-electron chi connectivity index (χ2n) is 2.04. The predicted octanol–water partition coefficient (Wildman–Crippen LogP) is -0.852. The molecule has 0 bridgehead atoms. The molecule has 1 rings (SSSR count). The van der Waals surface area contributed by atoms with Crippen molar-refractivity contribution in [1.29, 1.82) is 0 Å². The van der Waals surface area contributed by atoms with Gasteiger partial charge in [-0.3, -0.25) is 0 Å². The van der Waals surface area contributed by atoms with E-state index < -0.39 is 0 Å². The molecule has 0 radical (unpaired) electrons. The van der Waals surface area contributed by atoms with Crippen LogP contribution in [0.3, 0.4) is 0 Å². The first kappa shape index (κ1) is 7.71. The Hall–Kier alpha value is -1.39. The minimum Gasteiger partial charge on any atom is -0.494 e. The maximum absolute atomic E-state index is 5.15. The smallest absolute Gasteiger partial charge is 0.186 e. The summed E-state index contributed by atoms with van der Waals surface area (Å²) in [5.74, 6) is 0.713. The standard InChI is InChI=1S/C6H11N3O2/c7-6(8)9-3-5-4-10-1-2-11-5/h4H,1-3H2,(H4,7,8,9). The largest absolute Gasteiger partial charge is 0.494 e. The zero-order valence-corrected chi connectivity index (χ0v) is 6.12. The molecule has 62 valence electrons. The minimum absolute atomic E-state index is 0.0556. The normalized spacial score (nSPS) is 15.8. The van der Waals surface area contributed by atoms with E-state index in [9.17, 15) is 0 Å². The third-order valence-corrected chi connectivity index (χ3v) is 1.12. The Morgan fingerprint density at radius 3 is 2.91 bits per heavy atom. The van der Waals surface area contributed by atoms with Gasteiger partial charge in [-0.2, -0.15) is 0 Å². The maximum atomic E-state index is 5.15. The summed E-state index contributed by atoms with van der Waals surface area (Å²) in [6.45, 7) is 1.50. The Balaban J connectivity index is 2.36. The molecule has 1 aliphatic heterocycles. The molecule has 5 heteroatoms. The van der Waals surface area contributed by atoms with Gasteiger partial charge in [0, 0.05) is 0 Å². The van der Waals surface area contributed by atoms with Crippen molar-refractivity contribution in [2.45, 2.75) is 0 Å². The molecule has 0 atom stereocenters. The zero-order valence-electron chi connectivity index (χ0n) is 6.12. The lowest BCUT2D eigenvalue weighted by atomic mass is 10.5. The lowest BCUT2D eigenvalue weighted by molar-refractivity contribution is 0.0834. The quantitative estimate of drug-likeness (QED) is 0.404. The fraction of sp³-hybridized carbons (Fsp3) is 0.500. The van der Waals surface area contributed by atoms with Gasteiger partial charge in [0.05, 0.1) is 0 Å². The Bertz CT molecular complexity index is 184. The number of hydrogen-bond donors (Lipinski definition) is 2. The van der Waals surface area contributed by atoms with Gasteiger partial charge in [-0.15, -0.1) is 0 Å². The van der Waals surface area contributed by atoms with E-state index in [0.29, 0.717) is 25.5 Å². The fourth-order valence-electron chi connectivity index (χ4n) is 0.659. The van der Waals surface area contributed by atoms with Crippen molar-refractivity contribution in [2.24, 2.45) is 16.5 Å². The van der Waals surface area contributed by atoms with Crippen LogP contribution in [-0.2, 0) is 9.47 Å². The highest BCUT2D eigenvalue weighted by atomic mass is 16.6. The van der Waals surface area contributed by atoms with Gasteiger partial charge in [0.25, 0.3) is 0 Å². The van der Waals surface area contributed by atoms with Crippen molar-refractivity contribution in [3.8, 4) is 0 Å². The number of nitrogens with two attached hydrogens (primary N) is 2. The van der Waals surface area contributed by atoms with Gasteiger partial charge in [0.1, 0.15) is 26.0 Å². The molecule has 0 unspecified atom stereocenters. The van der Waals surface area contributed by atoms with Crippen LogP contribution in [0.5, 0.6) is 0 Å². The first-order chi connectivity index (χ1) is 5.29. The van der Waals surface area contributed by atoms with Gasteiger partial charge in [0.2, 0.25) is 0 Å². The van der Waals surface area contributed by atoms with E-state index in [1.54, 1.807) is 0 Å². The molecule has 4 N–H and O–H groups in total. The van der Waals surface area contributed by atoms with Gasteiger partial charge in [-0.05, 0) is 0 Å². The van der Waals surface area contributed by atoms with Crippen molar-refractivity contribution < 1.29 is 9.47 Å². The van der Waals surface area contributed by atoms with Crippen molar-refractivity contribution >= 4 is 5.96 Å². The fourth-order valence-corrected chi connectivity index (χ4v) is 0.659. The Morgan fingerprint density at radius 2 is 2.36 bits per heavy atom. The van der Waals surface area contributed by atoms with Crippen molar-refractivity contribution in [1.82, 2.24) is 0 Å². The lowest BCUT2D eigenvalue weighted by Crippen LogP contribution is -2.23. The molecule has 11 heavy (non-hydrogen) atoms. The van der Waals surface area contributed by atoms with Crippen LogP contribution in [0, 0.1) is 0 Å². The second kappa shape index (κ2) is 3.70. The summed E-state index contributed by atoms with van der Waals surface area (Å²) in [7, 11) is 0. The van der Waals surface area contributed by atoms with Crippen LogP contribution in [0.25, 0.3) is 0 Å². The molecule has 0 amide bonds. The summed E-state index contributed by atoms with van der Waals surface area (Å²) in [6.07, 6.45) is 1.52. The summed E-state index contributed by atoms with van der Waals surface area (Å²) in [4.78, 5) is 3.75. The molecular weight excluding hydrogens is 146 g/mol. The van der Waals surface area contributed by atoms with Crippen LogP contribution in [0.2, 0.25) is 0 Å². The van der Waals surface area contributed by atoms with E-state index >= 15 is 0 Å². The highest BCUT2D eigenvalue weighted by molar-refractivity contribution is 5.75. The molecule has 0 spiro atoms. The lowest BCUT2D eigenvalue weighted by Gasteiger charge is -2.13. The number of aliphatic imine (C=N–C) groups is 1. The molecule has 1 heterocycles. The van der Waals surface area contributed by atoms with Crippen LogP contribution in [0.15, 0.2) is 17.0 Å². The Labute approximate surface area is 64.7 Å². The number of hydrogen-bond acceptors (Lipinski definition) is 3. The summed E-state index contributed by atoms with van der Waals surface area (Å²) in [6, 6.07) is 0. The van der Waals surface area contributed by atoms with Crippen molar-refractivity contribution in [2.75, 3.05) is 19.8 Å². The maximum Gasteiger partial charge on any atom is 0.186 e. The molecule has 0 saturated heterocycles. The summed E-state index contributed by atoms with van der Waals surface area (Å²) < 4.78 is 10.1. The number of guanidine groups is 1. The van der Waals surface area contributed by atoms with Crippen molar-refractivity contribution in [3.63, 3.8) is 0 Å². The van der Waals surface area contributed by atoms with Gasteiger partial charge < -0.3 is 20.9 Å². The average Bonchev–Trinajstić information content (AvgIpc) is 2.03. The van der Waals surface area contributed by atoms with Crippen LogP contribution in [0.1, 0.15) is 0 Å². The molecule has 0 aliphatic carbocycles. The number of ether oxygens (including phenoxy) is 2. The van der Waals surface area contributed by atoms with E-state index in [2.05, 4.69) is 4.99 Å². The number of nitrogens with zero attached hydrogens (tertiary/aromatic N) is 1. The highest BCUT2D eigenvalue weighted by Crippen LogP contribution is 2.03. The topological polar surface area (TPSA) is 82.9 Å². The number of rotatable bonds is 2.